The number of benzene rings is 2. The van der Waals surface area contributed by atoms with Gasteiger partial charge in [-0.05, 0) is 57.0 Å². The van der Waals surface area contributed by atoms with E-state index >= 15 is 0 Å². The lowest BCUT2D eigenvalue weighted by molar-refractivity contribution is 0.167. The molecule has 0 radical (unpaired) electrons. The summed E-state index contributed by atoms with van der Waals surface area (Å²) in [6.07, 6.45) is 0.217. The highest BCUT2D eigenvalue weighted by Gasteiger charge is 2.11. The van der Waals surface area contributed by atoms with E-state index in [1.54, 1.807) is 25.1 Å². The van der Waals surface area contributed by atoms with E-state index in [4.69, 9.17) is 9.47 Å². The van der Waals surface area contributed by atoms with Gasteiger partial charge in [0, 0.05) is 18.3 Å². The fourth-order valence-corrected chi connectivity index (χ4v) is 2.37. The van der Waals surface area contributed by atoms with E-state index in [0.29, 0.717) is 24.6 Å². The summed E-state index contributed by atoms with van der Waals surface area (Å²) in [6, 6.07) is 11.9. The quantitative estimate of drug-likeness (QED) is 0.707. The molecule has 0 heterocycles. The molecule has 26 heavy (non-hydrogen) atoms. The van der Waals surface area contributed by atoms with Crippen molar-refractivity contribution in [3.8, 4) is 5.75 Å². The van der Waals surface area contributed by atoms with Crippen LogP contribution in [-0.2, 0) is 11.2 Å². The van der Waals surface area contributed by atoms with E-state index in [2.05, 4.69) is 10.6 Å². The molecule has 0 spiro atoms. The van der Waals surface area contributed by atoms with Crippen LogP contribution < -0.4 is 15.4 Å². The molecule has 2 N–H and O–H groups in total. The average molecular weight is 360 g/mol. The third-order valence-electron chi connectivity index (χ3n) is 3.51. The topological polar surface area (TPSA) is 59.6 Å². The molecular formula is C20H25FN2O3. The molecule has 0 fully saturated rings. The zero-order chi connectivity index (χ0) is 18.9. The summed E-state index contributed by atoms with van der Waals surface area (Å²) in [7, 11) is 0. The number of anilines is 2. The molecule has 2 aromatic carbocycles. The maximum atomic E-state index is 12.9. The number of rotatable bonds is 8. The molecule has 0 aromatic heterocycles. The van der Waals surface area contributed by atoms with Crippen LogP contribution in [0.25, 0.3) is 0 Å². The first-order valence-corrected chi connectivity index (χ1v) is 8.70. The molecule has 2 aromatic rings. The first kappa shape index (κ1) is 19.6. The number of nitrogens with one attached hydrogen (secondary N) is 2. The third-order valence-corrected chi connectivity index (χ3v) is 3.51. The molecular weight excluding hydrogens is 335 g/mol. The normalized spacial score (nSPS) is 10.5. The van der Waals surface area contributed by atoms with Crippen LogP contribution in [-0.4, -0.2) is 25.3 Å². The van der Waals surface area contributed by atoms with Gasteiger partial charge in [-0.15, -0.1) is 0 Å². The van der Waals surface area contributed by atoms with Gasteiger partial charge < -0.3 is 14.8 Å². The van der Waals surface area contributed by atoms with E-state index in [1.165, 1.54) is 12.1 Å². The van der Waals surface area contributed by atoms with Crippen molar-refractivity contribution in [3.63, 3.8) is 0 Å². The average Bonchev–Trinajstić information content (AvgIpc) is 2.58. The Hall–Kier alpha value is -2.76. The summed E-state index contributed by atoms with van der Waals surface area (Å²) in [6.45, 7) is 6.58. The van der Waals surface area contributed by atoms with E-state index in [-0.39, 0.29) is 11.9 Å². The SMILES string of the molecule is CCOC(=O)Nc1ccc(NCCc2ccc(F)cc2)cc1OC(C)C. The zero-order valence-corrected chi connectivity index (χ0v) is 15.3. The number of carbonyl (C=O) groups is 1. The van der Waals surface area contributed by atoms with Crippen LogP contribution in [0, 0.1) is 5.82 Å². The van der Waals surface area contributed by atoms with Gasteiger partial charge in [0.2, 0.25) is 0 Å². The van der Waals surface area contributed by atoms with Crippen LogP contribution in [0.4, 0.5) is 20.6 Å². The molecule has 2 rings (SSSR count). The molecule has 1 amide bonds. The number of halogens is 1. The van der Waals surface area contributed by atoms with E-state index in [9.17, 15) is 9.18 Å². The summed E-state index contributed by atoms with van der Waals surface area (Å²) in [5, 5.41) is 5.99. The minimum absolute atomic E-state index is 0.0350. The largest absolute Gasteiger partial charge is 0.489 e. The number of ether oxygens (including phenoxy) is 2. The molecule has 5 nitrogen and oxygen atoms in total. The smallest absolute Gasteiger partial charge is 0.411 e. The Kier molecular flexibility index (Phi) is 7.26. The Bertz CT molecular complexity index is 717. The first-order valence-electron chi connectivity index (χ1n) is 8.70. The molecule has 0 saturated carbocycles. The van der Waals surface area contributed by atoms with Gasteiger partial charge in [0.15, 0.2) is 0 Å². The van der Waals surface area contributed by atoms with Gasteiger partial charge in [-0.25, -0.2) is 9.18 Å². The fraction of sp³-hybridized carbons (Fsp3) is 0.350. The zero-order valence-electron chi connectivity index (χ0n) is 15.3. The van der Waals surface area contributed by atoms with Crippen LogP contribution in [0.15, 0.2) is 42.5 Å². The standard InChI is InChI=1S/C20H25FN2O3/c1-4-25-20(24)23-18-10-9-17(13-19(18)26-14(2)3)22-12-11-15-5-7-16(21)8-6-15/h5-10,13-14,22H,4,11-12H2,1-3H3,(H,23,24). The number of amides is 1. The lowest BCUT2D eigenvalue weighted by atomic mass is 10.1. The van der Waals surface area contributed by atoms with Crippen molar-refractivity contribution in [1.29, 1.82) is 0 Å². The number of carbonyl (C=O) groups excluding carboxylic acids is 1. The van der Waals surface area contributed by atoms with Gasteiger partial charge in [0.25, 0.3) is 0 Å². The number of hydrogen-bond acceptors (Lipinski definition) is 4. The van der Waals surface area contributed by atoms with Crippen molar-refractivity contribution in [2.45, 2.75) is 33.3 Å². The highest BCUT2D eigenvalue weighted by atomic mass is 19.1. The maximum absolute atomic E-state index is 12.9. The molecule has 0 atom stereocenters. The fourth-order valence-electron chi connectivity index (χ4n) is 2.37. The summed E-state index contributed by atoms with van der Waals surface area (Å²) in [5.41, 5.74) is 2.48. The van der Waals surface area contributed by atoms with Crippen LogP contribution in [0.2, 0.25) is 0 Å². The summed E-state index contributed by atoms with van der Waals surface area (Å²) in [5.74, 6) is 0.335. The van der Waals surface area contributed by atoms with Crippen LogP contribution in [0.3, 0.4) is 0 Å². The van der Waals surface area contributed by atoms with Crippen LogP contribution in [0.1, 0.15) is 26.3 Å². The van der Waals surface area contributed by atoms with Gasteiger partial charge in [-0.3, -0.25) is 5.32 Å². The lowest BCUT2D eigenvalue weighted by Crippen LogP contribution is -2.16. The highest BCUT2D eigenvalue weighted by Crippen LogP contribution is 2.29. The van der Waals surface area contributed by atoms with E-state index in [1.807, 2.05) is 26.0 Å². The molecule has 0 unspecified atom stereocenters. The second-order valence-corrected chi connectivity index (χ2v) is 6.03. The molecule has 0 saturated heterocycles. The van der Waals surface area contributed by atoms with Crippen LogP contribution in [0.5, 0.6) is 5.75 Å². The lowest BCUT2D eigenvalue weighted by Gasteiger charge is -2.17. The molecule has 0 aliphatic heterocycles. The molecule has 140 valence electrons. The van der Waals surface area contributed by atoms with Gasteiger partial charge >= 0.3 is 6.09 Å². The monoisotopic (exact) mass is 360 g/mol. The Labute approximate surface area is 153 Å². The first-order chi connectivity index (χ1) is 12.5. The minimum atomic E-state index is -0.516. The van der Waals surface area contributed by atoms with Crippen molar-refractivity contribution in [2.24, 2.45) is 0 Å². The summed E-state index contributed by atoms with van der Waals surface area (Å²) >= 11 is 0. The van der Waals surface area contributed by atoms with Crippen LogP contribution >= 0.6 is 0 Å². The van der Waals surface area contributed by atoms with Gasteiger partial charge in [-0.2, -0.15) is 0 Å². The Morgan fingerprint density at radius 3 is 2.54 bits per heavy atom. The third kappa shape index (κ3) is 6.27. The Morgan fingerprint density at radius 2 is 1.88 bits per heavy atom. The predicted molar refractivity (Wildman–Crippen MR) is 101 cm³/mol. The Balaban J connectivity index is 2.01. The van der Waals surface area contributed by atoms with Crippen molar-refractivity contribution in [2.75, 3.05) is 23.8 Å². The number of hydrogen-bond donors (Lipinski definition) is 2. The van der Waals surface area contributed by atoms with Gasteiger partial charge in [-0.1, -0.05) is 12.1 Å². The highest BCUT2D eigenvalue weighted by molar-refractivity contribution is 5.87. The Morgan fingerprint density at radius 1 is 1.15 bits per heavy atom. The molecule has 0 aliphatic rings. The molecule has 6 heteroatoms. The summed E-state index contributed by atoms with van der Waals surface area (Å²) in [4.78, 5) is 11.7. The van der Waals surface area contributed by atoms with Gasteiger partial charge in [0.1, 0.15) is 11.6 Å². The van der Waals surface area contributed by atoms with Gasteiger partial charge in [0.05, 0.1) is 18.4 Å². The maximum Gasteiger partial charge on any atom is 0.411 e. The molecule has 0 aliphatic carbocycles. The predicted octanol–water partition coefficient (Wildman–Crippen LogP) is 4.84. The molecule has 0 bridgehead atoms. The van der Waals surface area contributed by atoms with E-state index < -0.39 is 6.09 Å². The minimum Gasteiger partial charge on any atom is -0.489 e. The van der Waals surface area contributed by atoms with Crippen molar-refractivity contribution < 1.29 is 18.7 Å². The second-order valence-electron chi connectivity index (χ2n) is 6.03. The second kappa shape index (κ2) is 9.65. The van der Waals surface area contributed by atoms with Crippen molar-refractivity contribution >= 4 is 17.5 Å². The summed E-state index contributed by atoms with van der Waals surface area (Å²) < 4.78 is 23.6. The van der Waals surface area contributed by atoms with Crippen molar-refractivity contribution in [1.82, 2.24) is 0 Å². The van der Waals surface area contributed by atoms with E-state index in [0.717, 1.165) is 17.7 Å². The van der Waals surface area contributed by atoms with Crippen molar-refractivity contribution in [3.05, 3.63) is 53.8 Å².